The van der Waals surface area contributed by atoms with Crippen molar-refractivity contribution in [1.29, 1.82) is 0 Å². The summed E-state index contributed by atoms with van der Waals surface area (Å²) in [7, 11) is -0.774. The van der Waals surface area contributed by atoms with Gasteiger partial charge in [-0.25, -0.2) is 4.39 Å². The highest BCUT2D eigenvalue weighted by Gasteiger charge is 2.22. The summed E-state index contributed by atoms with van der Waals surface area (Å²) in [4.78, 5) is 0.772. The lowest BCUT2D eigenvalue weighted by molar-refractivity contribution is 0.511. The van der Waals surface area contributed by atoms with Crippen molar-refractivity contribution in [1.82, 2.24) is 5.32 Å². The molecule has 5 heteroatoms. The van der Waals surface area contributed by atoms with Crippen LogP contribution in [0.25, 0.3) is 0 Å². The van der Waals surface area contributed by atoms with Gasteiger partial charge in [0.05, 0.1) is 0 Å². The Morgan fingerprint density at radius 2 is 2.41 bits per heavy atom. The highest BCUT2D eigenvalue weighted by Crippen LogP contribution is 2.37. The van der Waals surface area contributed by atoms with Crippen LogP contribution in [0.4, 0.5) is 4.39 Å². The number of fused-ring (bicyclic) bond motifs is 1. The molecule has 17 heavy (non-hydrogen) atoms. The van der Waals surface area contributed by atoms with E-state index >= 15 is 0 Å². The first-order chi connectivity index (χ1) is 8.18. The van der Waals surface area contributed by atoms with Gasteiger partial charge in [0.2, 0.25) is 0 Å². The maximum absolute atomic E-state index is 13.6. The fourth-order valence-electron chi connectivity index (χ4n) is 1.98. The Kier molecular flexibility index (Phi) is 4.59. The van der Waals surface area contributed by atoms with E-state index in [1.807, 2.05) is 6.07 Å². The number of hydrogen-bond acceptors (Lipinski definition) is 3. The van der Waals surface area contributed by atoms with Crippen molar-refractivity contribution in [2.24, 2.45) is 0 Å². The molecule has 1 N–H and O–H groups in total. The molecule has 0 saturated heterocycles. The molecule has 0 radical (unpaired) electrons. The van der Waals surface area contributed by atoms with Gasteiger partial charge >= 0.3 is 0 Å². The van der Waals surface area contributed by atoms with Gasteiger partial charge in [0, 0.05) is 40.3 Å². The van der Waals surface area contributed by atoms with Gasteiger partial charge in [0.25, 0.3) is 0 Å². The summed E-state index contributed by atoms with van der Waals surface area (Å²) in [5.41, 5.74) is 1.04. The molecule has 2 unspecified atom stereocenters. The summed E-state index contributed by atoms with van der Waals surface area (Å²) < 4.78 is 24.6. The summed E-state index contributed by atoms with van der Waals surface area (Å²) in [6.45, 7) is 0.717. The summed E-state index contributed by atoms with van der Waals surface area (Å²) in [5, 5.41) is 3.36. The van der Waals surface area contributed by atoms with Crippen molar-refractivity contribution < 1.29 is 8.60 Å². The Bertz CT molecular complexity index is 425. The molecule has 0 amide bonds. The molecule has 1 aromatic carbocycles. The molecule has 1 aromatic rings. The minimum atomic E-state index is -0.774. The third kappa shape index (κ3) is 3.30. The zero-order valence-corrected chi connectivity index (χ0v) is 11.4. The van der Waals surface area contributed by atoms with Crippen LogP contribution < -0.4 is 5.32 Å². The average molecular weight is 273 g/mol. The summed E-state index contributed by atoms with van der Waals surface area (Å²) in [6.07, 6.45) is 2.70. The van der Waals surface area contributed by atoms with Crippen molar-refractivity contribution in [3.8, 4) is 0 Å². The van der Waals surface area contributed by atoms with E-state index in [4.69, 9.17) is 0 Å². The van der Waals surface area contributed by atoms with Crippen molar-refractivity contribution in [3.05, 3.63) is 29.6 Å². The molecule has 0 aromatic heterocycles. The molecule has 0 saturated carbocycles. The van der Waals surface area contributed by atoms with Gasteiger partial charge in [-0.05, 0) is 23.8 Å². The minimum absolute atomic E-state index is 0.127. The summed E-state index contributed by atoms with van der Waals surface area (Å²) in [5.74, 6) is 1.45. The van der Waals surface area contributed by atoms with Crippen LogP contribution in [0.5, 0.6) is 0 Å². The van der Waals surface area contributed by atoms with Crippen LogP contribution in [0.2, 0.25) is 0 Å². The second-order valence-corrected chi connectivity index (χ2v) is 6.74. The number of hydrogen-bond donors (Lipinski definition) is 1. The Morgan fingerprint density at radius 3 is 3.18 bits per heavy atom. The van der Waals surface area contributed by atoms with E-state index in [0.717, 1.165) is 22.6 Å². The van der Waals surface area contributed by atoms with E-state index in [0.29, 0.717) is 12.3 Å². The zero-order valence-electron chi connectivity index (χ0n) is 9.74. The normalized spacial score (nSPS) is 20.9. The first-order valence-corrected chi connectivity index (χ1v) is 8.34. The Hall–Kier alpha value is -0.390. The van der Waals surface area contributed by atoms with Gasteiger partial charge in [0.15, 0.2) is 0 Å². The van der Waals surface area contributed by atoms with Crippen molar-refractivity contribution in [2.45, 2.75) is 17.4 Å². The molecule has 0 fully saturated rings. The third-order valence-electron chi connectivity index (χ3n) is 2.81. The lowest BCUT2D eigenvalue weighted by Gasteiger charge is -2.26. The zero-order chi connectivity index (χ0) is 12.3. The molecule has 1 aliphatic rings. The van der Waals surface area contributed by atoms with Crippen LogP contribution in [0.3, 0.4) is 0 Å². The number of thioether (sulfide) groups is 1. The monoisotopic (exact) mass is 273 g/mol. The molecule has 0 bridgehead atoms. The van der Waals surface area contributed by atoms with E-state index in [1.165, 1.54) is 6.07 Å². The first kappa shape index (κ1) is 13.1. The lowest BCUT2D eigenvalue weighted by atomic mass is 10.0. The van der Waals surface area contributed by atoms with Crippen LogP contribution in [0.1, 0.15) is 18.0 Å². The molecular formula is C12H16FNOS2. The van der Waals surface area contributed by atoms with Crippen molar-refractivity contribution >= 4 is 22.6 Å². The SMILES string of the molecule is CS(=O)CCNC1CCSc2c(F)cccc21. The maximum Gasteiger partial charge on any atom is 0.137 e. The fourth-order valence-corrected chi connectivity index (χ4v) is 3.52. The largest absolute Gasteiger partial charge is 0.309 e. The number of nitrogens with one attached hydrogen (secondary N) is 1. The quantitative estimate of drug-likeness (QED) is 0.913. The van der Waals surface area contributed by atoms with Gasteiger partial charge in [-0.1, -0.05) is 12.1 Å². The highest BCUT2D eigenvalue weighted by molar-refractivity contribution is 7.99. The molecule has 94 valence electrons. The van der Waals surface area contributed by atoms with E-state index in [2.05, 4.69) is 5.32 Å². The second-order valence-electron chi connectivity index (χ2n) is 4.08. The van der Waals surface area contributed by atoms with E-state index < -0.39 is 10.8 Å². The topological polar surface area (TPSA) is 29.1 Å². The standard InChI is InChI=1S/C12H16FNOS2/c1-17(15)8-6-14-11-5-7-16-12-9(11)3-2-4-10(12)13/h2-4,11,14H,5-8H2,1H3. The molecule has 0 aliphatic carbocycles. The van der Waals surface area contributed by atoms with Gasteiger partial charge in [-0.3, -0.25) is 4.21 Å². The minimum Gasteiger partial charge on any atom is -0.309 e. The lowest BCUT2D eigenvalue weighted by Crippen LogP contribution is -2.28. The summed E-state index contributed by atoms with van der Waals surface area (Å²) >= 11 is 1.58. The van der Waals surface area contributed by atoms with Gasteiger partial charge in [-0.15, -0.1) is 11.8 Å². The second kappa shape index (κ2) is 5.98. The van der Waals surface area contributed by atoms with Crippen molar-refractivity contribution in [2.75, 3.05) is 24.3 Å². The molecule has 1 aliphatic heterocycles. The predicted molar refractivity (Wildman–Crippen MR) is 71.4 cm³/mol. The number of benzene rings is 1. The molecule has 2 atom stereocenters. The molecular weight excluding hydrogens is 257 g/mol. The first-order valence-electron chi connectivity index (χ1n) is 5.63. The van der Waals surface area contributed by atoms with Gasteiger partial charge < -0.3 is 5.32 Å². The van der Waals surface area contributed by atoms with Gasteiger partial charge in [-0.2, -0.15) is 0 Å². The average Bonchev–Trinajstić information content (AvgIpc) is 2.30. The smallest absolute Gasteiger partial charge is 0.137 e. The highest BCUT2D eigenvalue weighted by atomic mass is 32.2. The van der Waals surface area contributed by atoms with E-state index in [9.17, 15) is 8.60 Å². The van der Waals surface area contributed by atoms with Crippen LogP contribution in [-0.4, -0.2) is 28.5 Å². The molecule has 2 nitrogen and oxygen atoms in total. The summed E-state index contributed by atoms with van der Waals surface area (Å²) in [6, 6.07) is 5.44. The third-order valence-corrected chi connectivity index (χ3v) is 4.74. The fraction of sp³-hybridized carbons (Fsp3) is 0.500. The molecule has 2 rings (SSSR count). The van der Waals surface area contributed by atoms with E-state index in [1.54, 1.807) is 24.1 Å². The molecule has 0 spiro atoms. The predicted octanol–water partition coefficient (Wildman–Crippen LogP) is 2.33. The van der Waals surface area contributed by atoms with Gasteiger partial charge in [0.1, 0.15) is 5.82 Å². The van der Waals surface area contributed by atoms with Crippen LogP contribution in [0, 0.1) is 5.82 Å². The molecule has 1 heterocycles. The Balaban J connectivity index is 2.07. The Labute approximate surface area is 108 Å². The van der Waals surface area contributed by atoms with Crippen molar-refractivity contribution in [3.63, 3.8) is 0 Å². The maximum atomic E-state index is 13.6. The van der Waals surface area contributed by atoms with Crippen LogP contribution in [0.15, 0.2) is 23.1 Å². The van der Waals surface area contributed by atoms with E-state index in [-0.39, 0.29) is 11.9 Å². The number of rotatable bonds is 4. The van der Waals surface area contributed by atoms with Crippen LogP contribution >= 0.6 is 11.8 Å². The van der Waals surface area contributed by atoms with Crippen LogP contribution in [-0.2, 0) is 10.8 Å². The Morgan fingerprint density at radius 1 is 1.59 bits per heavy atom. The number of halogens is 1.